The van der Waals surface area contributed by atoms with Crippen LogP contribution in [0.25, 0.3) is 10.2 Å². The van der Waals surface area contributed by atoms with E-state index in [4.69, 9.17) is 5.73 Å². The maximum atomic E-state index is 11.6. The maximum Gasteiger partial charge on any atom is 0.228 e. The lowest BCUT2D eigenvalue weighted by molar-refractivity contribution is -0.117. The van der Waals surface area contributed by atoms with E-state index >= 15 is 0 Å². The van der Waals surface area contributed by atoms with E-state index in [2.05, 4.69) is 15.3 Å². The number of pyridine rings is 1. The van der Waals surface area contributed by atoms with Gasteiger partial charge in [-0.3, -0.25) is 4.79 Å². The Kier molecular flexibility index (Phi) is 2.03. The molecule has 0 radical (unpaired) electrons. The Morgan fingerprint density at radius 1 is 1.56 bits per heavy atom. The Hall–Kier alpha value is -1.69. The molecular weight excluding hydrogens is 224 g/mol. The molecule has 82 valence electrons. The predicted octanol–water partition coefficient (Wildman–Crippen LogP) is 1.62. The van der Waals surface area contributed by atoms with E-state index < -0.39 is 0 Å². The van der Waals surface area contributed by atoms with E-state index in [1.807, 2.05) is 0 Å². The van der Waals surface area contributed by atoms with Crippen molar-refractivity contribution in [3.8, 4) is 0 Å². The van der Waals surface area contributed by atoms with E-state index in [9.17, 15) is 4.79 Å². The van der Waals surface area contributed by atoms with Gasteiger partial charge in [-0.2, -0.15) is 0 Å². The molecule has 1 fully saturated rings. The summed E-state index contributed by atoms with van der Waals surface area (Å²) in [6.07, 6.45) is 3.59. The minimum absolute atomic E-state index is 0.0481. The van der Waals surface area contributed by atoms with Crippen LogP contribution in [0.1, 0.15) is 12.8 Å². The first-order chi connectivity index (χ1) is 7.74. The summed E-state index contributed by atoms with van der Waals surface area (Å²) in [5.41, 5.74) is 6.41. The zero-order valence-electron chi connectivity index (χ0n) is 8.43. The van der Waals surface area contributed by atoms with Gasteiger partial charge in [-0.15, -0.1) is 0 Å². The second kappa shape index (κ2) is 3.41. The van der Waals surface area contributed by atoms with Crippen LogP contribution in [0.4, 0.5) is 10.9 Å². The molecule has 5 nitrogen and oxygen atoms in total. The molecule has 1 aliphatic carbocycles. The molecule has 3 N–H and O–H groups in total. The Labute approximate surface area is 95.7 Å². The highest BCUT2D eigenvalue weighted by Crippen LogP contribution is 2.33. The molecule has 6 heteroatoms. The van der Waals surface area contributed by atoms with Crippen molar-refractivity contribution in [1.29, 1.82) is 0 Å². The standard InChI is InChI=1S/C10H10N4OS/c11-10-13-6-3-4-12-8(7(6)16-10)14-9(15)5-1-2-5/h3-5H,1-2H2,(H2,11,13)(H,12,14,15). The van der Waals surface area contributed by atoms with E-state index in [-0.39, 0.29) is 11.8 Å². The molecule has 3 rings (SSSR count). The number of carbonyl (C=O) groups is 1. The molecule has 0 aromatic carbocycles. The van der Waals surface area contributed by atoms with Crippen molar-refractivity contribution in [2.45, 2.75) is 12.8 Å². The SMILES string of the molecule is Nc1nc2ccnc(NC(=O)C3CC3)c2s1. The Bertz CT molecular complexity index is 561. The van der Waals surface area contributed by atoms with Crippen LogP contribution in [-0.2, 0) is 4.79 Å². The number of hydrogen-bond donors (Lipinski definition) is 2. The van der Waals surface area contributed by atoms with Crippen LogP contribution < -0.4 is 11.1 Å². The molecule has 16 heavy (non-hydrogen) atoms. The number of aromatic nitrogens is 2. The van der Waals surface area contributed by atoms with Crippen LogP contribution in [0.3, 0.4) is 0 Å². The first-order valence-corrected chi connectivity index (χ1v) is 5.87. The number of hydrogen-bond acceptors (Lipinski definition) is 5. The van der Waals surface area contributed by atoms with E-state index in [1.54, 1.807) is 12.3 Å². The zero-order chi connectivity index (χ0) is 11.1. The third-order valence-corrected chi connectivity index (χ3v) is 3.42. The number of nitrogens with two attached hydrogens (primary N) is 1. The lowest BCUT2D eigenvalue weighted by atomic mass is 10.3. The van der Waals surface area contributed by atoms with Crippen LogP contribution in [0.2, 0.25) is 0 Å². The molecule has 2 aromatic heterocycles. The summed E-state index contributed by atoms with van der Waals surface area (Å²) < 4.78 is 0.842. The number of nitrogen functional groups attached to an aromatic ring is 1. The quantitative estimate of drug-likeness (QED) is 0.827. The molecule has 1 aliphatic rings. The van der Waals surface area contributed by atoms with Gasteiger partial charge in [0.15, 0.2) is 10.9 Å². The second-order valence-corrected chi connectivity index (χ2v) is 4.85. The molecule has 0 saturated heterocycles. The van der Waals surface area contributed by atoms with Crippen LogP contribution in [-0.4, -0.2) is 15.9 Å². The summed E-state index contributed by atoms with van der Waals surface area (Å²) in [7, 11) is 0. The fraction of sp³-hybridized carbons (Fsp3) is 0.300. The average molecular weight is 234 g/mol. The van der Waals surface area contributed by atoms with Crippen molar-refractivity contribution in [2.75, 3.05) is 11.1 Å². The van der Waals surface area contributed by atoms with Gasteiger partial charge in [-0.1, -0.05) is 11.3 Å². The number of rotatable bonds is 2. The lowest BCUT2D eigenvalue weighted by Crippen LogP contribution is -2.14. The third-order valence-electron chi connectivity index (χ3n) is 2.51. The Balaban J connectivity index is 1.98. The van der Waals surface area contributed by atoms with Crippen molar-refractivity contribution in [1.82, 2.24) is 9.97 Å². The third kappa shape index (κ3) is 1.61. The highest BCUT2D eigenvalue weighted by atomic mass is 32.1. The lowest BCUT2D eigenvalue weighted by Gasteiger charge is -2.02. The van der Waals surface area contributed by atoms with Gasteiger partial charge in [0.05, 0.1) is 10.2 Å². The van der Waals surface area contributed by atoms with Crippen molar-refractivity contribution in [3.63, 3.8) is 0 Å². The molecule has 1 saturated carbocycles. The molecule has 2 aromatic rings. The van der Waals surface area contributed by atoms with Crippen molar-refractivity contribution in [2.24, 2.45) is 5.92 Å². The first-order valence-electron chi connectivity index (χ1n) is 5.06. The smallest absolute Gasteiger partial charge is 0.228 e. The number of anilines is 2. The predicted molar refractivity (Wildman–Crippen MR) is 63.2 cm³/mol. The summed E-state index contributed by atoms with van der Waals surface area (Å²) >= 11 is 1.34. The fourth-order valence-electron chi connectivity index (χ4n) is 1.53. The maximum absolute atomic E-state index is 11.6. The topological polar surface area (TPSA) is 80.9 Å². The minimum Gasteiger partial charge on any atom is -0.375 e. The van der Waals surface area contributed by atoms with Crippen molar-refractivity contribution >= 4 is 38.4 Å². The average Bonchev–Trinajstić information content (AvgIpc) is 3.01. The zero-order valence-corrected chi connectivity index (χ0v) is 9.25. The summed E-state index contributed by atoms with van der Waals surface area (Å²) in [6.45, 7) is 0. The number of nitrogens with one attached hydrogen (secondary N) is 1. The first kappa shape index (κ1) is 9.53. The van der Waals surface area contributed by atoms with Crippen molar-refractivity contribution < 1.29 is 4.79 Å². The summed E-state index contributed by atoms with van der Waals surface area (Å²) in [5.74, 6) is 0.790. The molecule has 0 unspecified atom stereocenters. The summed E-state index contributed by atoms with van der Waals surface area (Å²) in [4.78, 5) is 19.9. The van der Waals surface area contributed by atoms with Crippen molar-refractivity contribution in [3.05, 3.63) is 12.3 Å². The highest BCUT2D eigenvalue weighted by Gasteiger charge is 2.30. The van der Waals surface area contributed by atoms with Gasteiger partial charge in [0.2, 0.25) is 5.91 Å². The largest absolute Gasteiger partial charge is 0.375 e. The van der Waals surface area contributed by atoms with Gasteiger partial charge in [0.1, 0.15) is 0 Å². The number of fused-ring (bicyclic) bond motifs is 1. The van der Waals surface area contributed by atoms with Gasteiger partial charge in [0, 0.05) is 12.1 Å². The van der Waals surface area contributed by atoms with Crippen LogP contribution in [0, 0.1) is 5.92 Å². The van der Waals surface area contributed by atoms with Gasteiger partial charge in [-0.25, -0.2) is 9.97 Å². The van der Waals surface area contributed by atoms with Crippen LogP contribution >= 0.6 is 11.3 Å². The van der Waals surface area contributed by atoms with E-state index in [0.29, 0.717) is 10.9 Å². The molecule has 0 aliphatic heterocycles. The molecule has 2 heterocycles. The molecule has 0 bridgehead atoms. The monoisotopic (exact) mass is 234 g/mol. The van der Waals surface area contributed by atoms with Crippen LogP contribution in [0.15, 0.2) is 12.3 Å². The summed E-state index contributed by atoms with van der Waals surface area (Å²) in [6, 6.07) is 1.79. The Morgan fingerprint density at radius 3 is 3.12 bits per heavy atom. The second-order valence-electron chi connectivity index (χ2n) is 3.82. The van der Waals surface area contributed by atoms with Gasteiger partial charge in [0.25, 0.3) is 0 Å². The number of thiazole rings is 1. The molecule has 0 spiro atoms. The number of amides is 1. The van der Waals surface area contributed by atoms with Crippen LogP contribution in [0.5, 0.6) is 0 Å². The van der Waals surface area contributed by atoms with E-state index in [1.165, 1.54) is 11.3 Å². The Morgan fingerprint density at radius 2 is 2.38 bits per heavy atom. The number of nitrogens with zero attached hydrogens (tertiary/aromatic N) is 2. The molecule has 0 atom stereocenters. The van der Waals surface area contributed by atoms with Gasteiger partial charge >= 0.3 is 0 Å². The molecule has 1 amide bonds. The molecular formula is C10H10N4OS. The highest BCUT2D eigenvalue weighted by molar-refractivity contribution is 7.22. The van der Waals surface area contributed by atoms with E-state index in [0.717, 1.165) is 23.1 Å². The van der Waals surface area contributed by atoms with Gasteiger partial charge < -0.3 is 11.1 Å². The fourth-order valence-corrected chi connectivity index (χ4v) is 2.30. The normalized spacial score (nSPS) is 15.2. The summed E-state index contributed by atoms with van der Waals surface area (Å²) in [5, 5.41) is 3.32. The number of carbonyl (C=O) groups excluding carboxylic acids is 1. The van der Waals surface area contributed by atoms with Gasteiger partial charge in [-0.05, 0) is 18.9 Å². The minimum atomic E-state index is 0.0481.